The van der Waals surface area contributed by atoms with Gasteiger partial charge in [-0.15, -0.1) is 0 Å². The zero-order valence-electron chi connectivity index (χ0n) is 14.3. The lowest BCUT2D eigenvalue weighted by Crippen LogP contribution is -2.24. The zero-order valence-corrected chi connectivity index (χ0v) is 14.3. The highest BCUT2D eigenvalue weighted by molar-refractivity contribution is 5.79. The molecule has 0 aliphatic rings. The Hall–Kier alpha value is -3.15. The van der Waals surface area contributed by atoms with Crippen LogP contribution in [0.3, 0.4) is 0 Å². The molecule has 0 aliphatic carbocycles. The van der Waals surface area contributed by atoms with E-state index >= 15 is 0 Å². The lowest BCUT2D eigenvalue weighted by Gasteiger charge is -2.09. The van der Waals surface area contributed by atoms with Crippen LogP contribution in [0, 0.1) is 0 Å². The van der Waals surface area contributed by atoms with Crippen molar-refractivity contribution >= 4 is 5.91 Å². The van der Waals surface area contributed by atoms with Crippen LogP contribution in [-0.2, 0) is 24.8 Å². The van der Waals surface area contributed by atoms with E-state index in [1.807, 2.05) is 49.6 Å². The monoisotopic (exact) mass is 336 g/mol. The predicted octanol–water partition coefficient (Wildman–Crippen LogP) is 2.35. The largest absolute Gasteiger partial charge is 0.496 e. The van der Waals surface area contributed by atoms with E-state index in [4.69, 9.17) is 4.74 Å². The van der Waals surface area contributed by atoms with E-state index in [9.17, 15) is 4.79 Å². The smallest absolute Gasteiger partial charge is 0.224 e. The van der Waals surface area contributed by atoms with E-state index < -0.39 is 0 Å². The number of methoxy groups -OCH3 is 1. The van der Waals surface area contributed by atoms with Gasteiger partial charge in [-0.25, -0.2) is 0 Å². The summed E-state index contributed by atoms with van der Waals surface area (Å²) in [6.45, 7) is 0.439. The molecule has 3 aromatic rings. The average molecular weight is 336 g/mol. The van der Waals surface area contributed by atoms with Crippen LogP contribution >= 0.6 is 0 Å². The van der Waals surface area contributed by atoms with Gasteiger partial charge in [0, 0.05) is 37.1 Å². The summed E-state index contributed by atoms with van der Waals surface area (Å²) in [5.41, 5.74) is 3.64. The maximum absolute atomic E-state index is 12.1. The van der Waals surface area contributed by atoms with E-state index in [1.165, 1.54) is 0 Å². The third kappa shape index (κ3) is 4.23. The predicted molar refractivity (Wildman–Crippen MR) is 95.0 cm³/mol. The molecule has 25 heavy (non-hydrogen) atoms. The van der Waals surface area contributed by atoms with Crippen molar-refractivity contribution in [3.05, 3.63) is 66.1 Å². The number of carbonyl (C=O) groups excluding carboxylic acids is 1. The second-order valence-electron chi connectivity index (χ2n) is 5.72. The summed E-state index contributed by atoms with van der Waals surface area (Å²) in [6, 6.07) is 11.4. The summed E-state index contributed by atoms with van der Waals surface area (Å²) in [5.74, 6) is 0.668. The number of aryl methyl sites for hydroxylation is 1. The van der Waals surface area contributed by atoms with Crippen LogP contribution in [0.5, 0.6) is 5.75 Å². The highest BCUT2D eigenvalue weighted by Crippen LogP contribution is 2.18. The quantitative estimate of drug-likeness (QED) is 0.750. The van der Waals surface area contributed by atoms with Crippen molar-refractivity contribution in [3.8, 4) is 17.0 Å². The first kappa shape index (κ1) is 16.7. The van der Waals surface area contributed by atoms with Gasteiger partial charge in [0.15, 0.2) is 0 Å². The summed E-state index contributed by atoms with van der Waals surface area (Å²) >= 11 is 0. The minimum Gasteiger partial charge on any atom is -0.496 e. The lowest BCUT2D eigenvalue weighted by molar-refractivity contribution is -0.120. The number of benzene rings is 1. The van der Waals surface area contributed by atoms with Crippen molar-refractivity contribution in [1.82, 2.24) is 20.1 Å². The Balaban J connectivity index is 1.57. The van der Waals surface area contributed by atoms with Crippen LogP contribution in [0.15, 0.2) is 55.0 Å². The summed E-state index contributed by atoms with van der Waals surface area (Å²) in [6.07, 6.45) is 5.74. The Bertz CT molecular complexity index is 856. The number of hydrogen-bond acceptors (Lipinski definition) is 4. The van der Waals surface area contributed by atoms with E-state index in [1.54, 1.807) is 24.2 Å². The van der Waals surface area contributed by atoms with E-state index in [0.29, 0.717) is 6.54 Å². The molecule has 0 spiro atoms. The van der Waals surface area contributed by atoms with Gasteiger partial charge in [0.05, 0.1) is 25.4 Å². The molecule has 128 valence electrons. The minimum atomic E-state index is -0.0548. The second-order valence-corrected chi connectivity index (χ2v) is 5.72. The van der Waals surface area contributed by atoms with Crippen LogP contribution in [0.25, 0.3) is 11.3 Å². The van der Waals surface area contributed by atoms with Gasteiger partial charge in [-0.05, 0) is 17.7 Å². The first-order chi connectivity index (χ1) is 12.2. The maximum atomic E-state index is 12.1. The molecule has 0 radical (unpaired) electrons. The van der Waals surface area contributed by atoms with Gasteiger partial charge in [-0.1, -0.05) is 24.3 Å². The standard InChI is InChI=1S/C19H20N4O2/c1-23-13-16(12-22-23)17-8-7-14(10-20-17)11-21-19(24)9-15-5-3-4-6-18(15)25-2/h3-8,10,12-13H,9,11H2,1-2H3,(H,21,24). The Morgan fingerprint density at radius 1 is 1.20 bits per heavy atom. The van der Waals surface area contributed by atoms with Crippen molar-refractivity contribution in [1.29, 1.82) is 0 Å². The first-order valence-corrected chi connectivity index (χ1v) is 7.98. The number of aromatic nitrogens is 3. The van der Waals surface area contributed by atoms with E-state index in [-0.39, 0.29) is 12.3 Å². The molecule has 0 saturated heterocycles. The van der Waals surface area contributed by atoms with Gasteiger partial charge in [0.25, 0.3) is 0 Å². The molecule has 2 heterocycles. The SMILES string of the molecule is COc1ccccc1CC(=O)NCc1ccc(-c2cnn(C)c2)nc1. The van der Waals surface area contributed by atoms with Crippen molar-refractivity contribution in [3.63, 3.8) is 0 Å². The summed E-state index contributed by atoms with van der Waals surface area (Å²) in [4.78, 5) is 16.6. The van der Waals surface area contributed by atoms with Crippen LogP contribution < -0.4 is 10.1 Å². The molecule has 0 unspecified atom stereocenters. The molecular weight excluding hydrogens is 316 g/mol. The average Bonchev–Trinajstić information content (AvgIpc) is 3.07. The van der Waals surface area contributed by atoms with Gasteiger partial charge < -0.3 is 10.1 Å². The fourth-order valence-electron chi connectivity index (χ4n) is 2.54. The molecule has 3 rings (SSSR count). The number of nitrogens with zero attached hydrogens (tertiary/aromatic N) is 3. The van der Waals surface area contributed by atoms with E-state index in [0.717, 1.165) is 28.1 Å². The van der Waals surface area contributed by atoms with Crippen LogP contribution in [0.4, 0.5) is 0 Å². The van der Waals surface area contributed by atoms with Gasteiger partial charge in [-0.2, -0.15) is 5.10 Å². The molecule has 2 aromatic heterocycles. The number of amides is 1. The molecule has 6 heteroatoms. The van der Waals surface area contributed by atoms with Crippen molar-refractivity contribution in [2.45, 2.75) is 13.0 Å². The van der Waals surface area contributed by atoms with Gasteiger partial charge in [-0.3, -0.25) is 14.5 Å². The van der Waals surface area contributed by atoms with E-state index in [2.05, 4.69) is 15.4 Å². The summed E-state index contributed by atoms with van der Waals surface area (Å²) in [5, 5.41) is 7.05. The third-order valence-electron chi connectivity index (χ3n) is 3.86. The number of nitrogens with one attached hydrogen (secondary N) is 1. The molecule has 0 fully saturated rings. The number of rotatable bonds is 6. The number of carbonyl (C=O) groups is 1. The first-order valence-electron chi connectivity index (χ1n) is 7.98. The summed E-state index contributed by atoms with van der Waals surface area (Å²) in [7, 11) is 3.47. The number of hydrogen-bond donors (Lipinski definition) is 1. The Morgan fingerprint density at radius 2 is 2.04 bits per heavy atom. The number of ether oxygens (including phenoxy) is 1. The molecule has 1 aromatic carbocycles. The molecule has 0 bridgehead atoms. The maximum Gasteiger partial charge on any atom is 0.224 e. The highest BCUT2D eigenvalue weighted by Gasteiger charge is 2.08. The van der Waals surface area contributed by atoms with Gasteiger partial charge >= 0.3 is 0 Å². The molecule has 0 atom stereocenters. The summed E-state index contributed by atoms with van der Waals surface area (Å²) < 4.78 is 7.01. The Morgan fingerprint density at radius 3 is 2.72 bits per heavy atom. The molecule has 0 saturated carbocycles. The molecule has 6 nitrogen and oxygen atoms in total. The molecule has 0 aliphatic heterocycles. The van der Waals surface area contributed by atoms with Crippen molar-refractivity contribution in [2.75, 3.05) is 7.11 Å². The topological polar surface area (TPSA) is 69.0 Å². The minimum absolute atomic E-state index is 0.0548. The van der Waals surface area contributed by atoms with Gasteiger partial charge in [0.1, 0.15) is 5.75 Å². The van der Waals surface area contributed by atoms with Crippen LogP contribution in [0.1, 0.15) is 11.1 Å². The van der Waals surface area contributed by atoms with Crippen molar-refractivity contribution < 1.29 is 9.53 Å². The normalized spacial score (nSPS) is 10.5. The number of para-hydroxylation sites is 1. The highest BCUT2D eigenvalue weighted by atomic mass is 16.5. The second kappa shape index (κ2) is 7.61. The van der Waals surface area contributed by atoms with Crippen LogP contribution in [0.2, 0.25) is 0 Å². The molecular formula is C19H20N4O2. The van der Waals surface area contributed by atoms with Gasteiger partial charge in [0.2, 0.25) is 5.91 Å². The Labute approximate surface area is 146 Å². The molecule has 1 amide bonds. The zero-order chi connectivity index (χ0) is 17.6. The molecule has 1 N–H and O–H groups in total. The number of pyridine rings is 1. The Kier molecular flexibility index (Phi) is 5.09. The fourth-order valence-corrected chi connectivity index (χ4v) is 2.54. The van der Waals surface area contributed by atoms with Crippen molar-refractivity contribution in [2.24, 2.45) is 7.05 Å². The van der Waals surface area contributed by atoms with Crippen LogP contribution in [-0.4, -0.2) is 27.8 Å². The third-order valence-corrected chi connectivity index (χ3v) is 3.86. The fraction of sp³-hybridized carbons (Fsp3) is 0.211. The lowest BCUT2D eigenvalue weighted by atomic mass is 10.1.